The number of ether oxygens (including phenoxy) is 1. The van der Waals surface area contributed by atoms with Gasteiger partial charge in [0.25, 0.3) is 0 Å². The number of rotatable bonds is 5. The highest BCUT2D eigenvalue weighted by atomic mass is 16.5. The maximum atomic E-state index is 12.7. The molecule has 1 aromatic rings. The summed E-state index contributed by atoms with van der Waals surface area (Å²) < 4.78 is 5.20. The number of likely N-dealkylation sites (tertiary alicyclic amines) is 1. The highest BCUT2D eigenvalue weighted by Crippen LogP contribution is 2.24. The number of amides is 1. The van der Waals surface area contributed by atoms with E-state index in [-0.39, 0.29) is 11.8 Å². The number of carbonyl (C=O) groups is 1. The van der Waals surface area contributed by atoms with E-state index in [1.54, 1.807) is 7.11 Å². The highest BCUT2D eigenvalue weighted by Gasteiger charge is 2.31. The van der Waals surface area contributed by atoms with Gasteiger partial charge in [-0.25, -0.2) is 0 Å². The molecule has 5 heteroatoms. The molecule has 0 radical (unpaired) electrons. The molecule has 0 saturated carbocycles. The number of piperazine rings is 1. The SMILES string of the molecule is COc1ccc(C(C)CC(=O)N2CCC(N3CCNCC3)C2)cc1. The largest absolute Gasteiger partial charge is 0.497 e. The van der Waals surface area contributed by atoms with Gasteiger partial charge < -0.3 is 15.0 Å². The van der Waals surface area contributed by atoms with Crippen molar-refractivity contribution >= 4 is 5.91 Å². The molecule has 2 aliphatic heterocycles. The molecule has 1 N–H and O–H groups in total. The first-order valence-corrected chi connectivity index (χ1v) is 9.04. The molecular formula is C19H29N3O2. The fourth-order valence-electron chi connectivity index (χ4n) is 3.75. The Morgan fingerprint density at radius 2 is 1.96 bits per heavy atom. The van der Waals surface area contributed by atoms with Crippen LogP contribution in [0.3, 0.4) is 0 Å². The molecular weight excluding hydrogens is 302 g/mol. The fourth-order valence-corrected chi connectivity index (χ4v) is 3.75. The van der Waals surface area contributed by atoms with Gasteiger partial charge in [-0.15, -0.1) is 0 Å². The van der Waals surface area contributed by atoms with Gasteiger partial charge in [-0.05, 0) is 30.0 Å². The van der Waals surface area contributed by atoms with E-state index in [2.05, 4.69) is 34.2 Å². The molecule has 2 heterocycles. The maximum absolute atomic E-state index is 12.7. The molecule has 24 heavy (non-hydrogen) atoms. The summed E-state index contributed by atoms with van der Waals surface area (Å²) in [6, 6.07) is 8.60. The summed E-state index contributed by atoms with van der Waals surface area (Å²) in [5.41, 5.74) is 1.20. The molecule has 132 valence electrons. The van der Waals surface area contributed by atoms with E-state index in [0.29, 0.717) is 12.5 Å². The minimum absolute atomic E-state index is 0.238. The van der Waals surface area contributed by atoms with Crippen LogP contribution in [0.1, 0.15) is 31.2 Å². The van der Waals surface area contributed by atoms with Gasteiger partial charge in [-0.3, -0.25) is 9.69 Å². The number of hydrogen-bond donors (Lipinski definition) is 1. The average molecular weight is 331 g/mol. The van der Waals surface area contributed by atoms with E-state index in [9.17, 15) is 4.79 Å². The minimum Gasteiger partial charge on any atom is -0.497 e. The highest BCUT2D eigenvalue weighted by molar-refractivity contribution is 5.77. The first kappa shape index (κ1) is 17.2. The second-order valence-electron chi connectivity index (χ2n) is 6.95. The van der Waals surface area contributed by atoms with Gasteiger partial charge in [0.15, 0.2) is 0 Å². The molecule has 2 unspecified atom stereocenters. The molecule has 2 fully saturated rings. The van der Waals surface area contributed by atoms with Crippen molar-refractivity contribution < 1.29 is 9.53 Å². The lowest BCUT2D eigenvalue weighted by atomic mass is 9.97. The van der Waals surface area contributed by atoms with Crippen LogP contribution in [-0.2, 0) is 4.79 Å². The molecule has 5 nitrogen and oxygen atoms in total. The van der Waals surface area contributed by atoms with Crippen molar-refractivity contribution in [3.63, 3.8) is 0 Å². The minimum atomic E-state index is 0.238. The van der Waals surface area contributed by atoms with Gasteiger partial charge in [0, 0.05) is 51.7 Å². The standard InChI is InChI=1S/C19H29N3O2/c1-15(16-3-5-18(24-2)6-4-16)13-19(23)22-10-7-17(14-22)21-11-8-20-9-12-21/h3-6,15,17,20H,7-14H2,1-2H3. The predicted octanol–water partition coefficient (Wildman–Crippen LogP) is 1.69. The van der Waals surface area contributed by atoms with Crippen LogP contribution in [0.2, 0.25) is 0 Å². The van der Waals surface area contributed by atoms with Gasteiger partial charge in [0.1, 0.15) is 5.75 Å². The van der Waals surface area contributed by atoms with Crippen molar-refractivity contribution in [2.24, 2.45) is 0 Å². The summed E-state index contributed by atoms with van der Waals surface area (Å²) in [4.78, 5) is 17.3. The molecule has 0 aromatic heterocycles. The maximum Gasteiger partial charge on any atom is 0.223 e. The fraction of sp³-hybridized carbons (Fsp3) is 0.632. The Balaban J connectivity index is 1.51. The molecule has 0 aliphatic carbocycles. The third-order valence-corrected chi connectivity index (χ3v) is 5.35. The predicted molar refractivity (Wildman–Crippen MR) is 95.5 cm³/mol. The first-order valence-electron chi connectivity index (χ1n) is 9.04. The van der Waals surface area contributed by atoms with Crippen LogP contribution < -0.4 is 10.1 Å². The molecule has 0 spiro atoms. The van der Waals surface area contributed by atoms with Crippen LogP contribution >= 0.6 is 0 Å². The van der Waals surface area contributed by atoms with E-state index in [1.165, 1.54) is 5.56 Å². The van der Waals surface area contributed by atoms with Crippen LogP contribution in [-0.4, -0.2) is 68.1 Å². The van der Waals surface area contributed by atoms with Gasteiger partial charge in [-0.1, -0.05) is 19.1 Å². The number of hydrogen-bond acceptors (Lipinski definition) is 4. The zero-order valence-corrected chi connectivity index (χ0v) is 14.8. The molecule has 3 rings (SSSR count). The quantitative estimate of drug-likeness (QED) is 0.892. The topological polar surface area (TPSA) is 44.8 Å². The Kier molecular flexibility index (Phi) is 5.74. The number of benzene rings is 1. The van der Waals surface area contributed by atoms with Crippen LogP contribution in [0.25, 0.3) is 0 Å². The Morgan fingerprint density at radius 1 is 1.25 bits per heavy atom. The second kappa shape index (κ2) is 7.99. The summed E-state index contributed by atoms with van der Waals surface area (Å²) in [7, 11) is 1.67. The lowest BCUT2D eigenvalue weighted by molar-refractivity contribution is -0.130. The van der Waals surface area contributed by atoms with E-state index in [0.717, 1.165) is 51.4 Å². The second-order valence-corrected chi connectivity index (χ2v) is 6.95. The molecule has 1 aromatic carbocycles. The number of methoxy groups -OCH3 is 1. The van der Waals surface area contributed by atoms with Gasteiger partial charge >= 0.3 is 0 Å². The van der Waals surface area contributed by atoms with E-state index < -0.39 is 0 Å². The van der Waals surface area contributed by atoms with E-state index >= 15 is 0 Å². The monoisotopic (exact) mass is 331 g/mol. The Morgan fingerprint density at radius 3 is 2.62 bits per heavy atom. The van der Waals surface area contributed by atoms with Crippen LogP contribution in [0.5, 0.6) is 5.75 Å². The smallest absolute Gasteiger partial charge is 0.223 e. The summed E-state index contributed by atoms with van der Waals surface area (Å²) in [6.45, 7) is 8.28. The van der Waals surface area contributed by atoms with Crippen molar-refractivity contribution in [3.05, 3.63) is 29.8 Å². The van der Waals surface area contributed by atoms with Gasteiger partial charge in [0.2, 0.25) is 5.91 Å². The van der Waals surface area contributed by atoms with Crippen molar-refractivity contribution in [1.82, 2.24) is 15.1 Å². The lowest BCUT2D eigenvalue weighted by Crippen LogP contribution is -2.49. The van der Waals surface area contributed by atoms with Gasteiger partial charge in [0.05, 0.1) is 7.11 Å². The van der Waals surface area contributed by atoms with Crippen molar-refractivity contribution in [3.8, 4) is 5.75 Å². The van der Waals surface area contributed by atoms with Gasteiger partial charge in [-0.2, -0.15) is 0 Å². The number of nitrogens with zero attached hydrogens (tertiary/aromatic N) is 2. The Labute approximate surface area is 145 Å². The molecule has 1 amide bonds. The van der Waals surface area contributed by atoms with Crippen molar-refractivity contribution in [1.29, 1.82) is 0 Å². The lowest BCUT2D eigenvalue weighted by Gasteiger charge is -2.32. The van der Waals surface area contributed by atoms with Crippen molar-refractivity contribution in [2.75, 3.05) is 46.4 Å². The molecule has 2 aliphatic rings. The van der Waals surface area contributed by atoms with E-state index in [1.807, 2.05) is 12.1 Å². The molecule has 0 bridgehead atoms. The average Bonchev–Trinajstić information content (AvgIpc) is 3.13. The third kappa shape index (κ3) is 4.08. The number of carbonyl (C=O) groups excluding carboxylic acids is 1. The summed E-state index contributed by atoms with van der Waals surface area (Å²) in [6.07, 6.45) is 1.70. The van der Waals surface area contributed by atoms with E-state index in [4.69, 9.17) is 4.74 Å². The zero-order valence-electron chi connectivity index (χ0n) is 14.8. The first-order chi connectivity index (χ1) is 11.7. The van der Waals surface area contributed by atoms with Crippen LogP contribution in [0, 0.1) is 0 Å². The molecule has 2 saturated heterocycles. The summed E-state index contributed by atoms with van der Waals surface area (Å²) >= 11 is 0. The number of nitrogens with one attached hydrogen (secondary N) is 1. The summed E-state index contributed by atoms with van der Waals surface area (Å²) in [5, 5.41) is 3.39. The van der Waals surface area contributed by atoms with Crippen LogP contribution in [0.15, 0.2) is 24.3 Å². The zero-order chi connectivity index (χ0) is 16.9. The van der Waals surface area contributed by atoms with Crippen LogP contribution in [0.4, 0.5) is 0 Å². The normalized spacial score (nSPS) is 23.2. The third-order valence-electron chi connectivity index (χ3n) is 5.35. The molecule has 2 atom stereocenters. The summed E-state index contributed by atoms with van der Waals surface area (Å²) in [5.74, 6) is 1.38. The Bertz CT molecular complexity index is 540. The van der Waals surface area contributed by atoms with Crippen molar-refractivity contribution in [2.45, 2.75) is 31.7 Å². The Hall–Kier alpha value is -1.59.